The number of carbonyl (C=O) groups excluding carboxylic acids is 1. The largest absolute Gasteiger partial charge is 0.399 e. The predicted molar refractivity (Wildman–Crippen MR) is 77.6 cm³/mol. The minimum atomic E-state index is -0.0905. The summed E-state index contributed by atoms with van der Waals surface area (Å²) in [6.45, 7) is 0.744. The van der Waals surface area contributed by atoms with Gasteiger partial charge in [-0.2, -0.15) is 11.8 Å². The first kappa shape index (κ1) is 13.1. The molecule has 1 aliphatic rings. The molecule has 1 aliphatic heterocycles. The second-order valence-electron chi connectivity index (χ2n) is 4.65. The lowest BCUT2D eigenvalue weighted by Gasteiger charge is -2.21. The van der Waals surface area contributed by atoms with Gasteiger partial charge in [-0.05, 0) is 48.5 Å². The number of carbonyl (C=O) groups is 1. The highest BCUT2D eigenvalue weighted by atomic mass is 32.2. The van der Waals surface area contributed by atoms with E-state index in [-0.39, 0.29) is 5.91 Å². The van der Waals surface area contributed by atoms with E-state index in [1.54, 1.807) is 18.2 Å². The summed E-state index contributed by atoms with van der Waals surface area (Å²) in [6.07, 6.45) is 2.37. The molecule has 0 saturated carbocycles. The van der Waals surface area contributed by atoms with E-state index >= 15 is 0 Å². The molecule has 0 aromatic heterocycles. The van der Waals surface area contributed by atoms with E-state index in [1.165, 1.54) is 24.3 Å². The van der Waals surface area contributed by atoms with E-state index < -0.39 is 0 Å². The smallest absolute Gasteiger partial charge is 0.251 e. The molecule has 0 aliphatic carbocycles. The average molecular weight is 265 g/mol. The Hall–Kier alpha value is -1.36. The average Bonchev–Trinajstić information content (AvgIpc) is 2.36. The van der Waals surface area contributed by atoms with Crippen LogP contribution in [0.4, 0.5) is 11.4 Å². The van der Waals surface area contributed by atoms with Gasteiger partial charge in [-0.3, -0.25) is 4.79 Å². The monoisotopic (exact) mass is 265 g/mol. The molecule has 5 heteroatoms. The summed E-state index contributed by atoms with van der Waals surface area (Å²) in [5.41, 5.74) is 12.9. The second kappa shape index (κ2) is 6.00. The lowest BCUT2D eigenvalue weighted by Crippen LogP contribution is -2.31. The molecule has 1 heterocycles. The number of thioether (sulfide) groups is 1. The Morgan fingerprint density at radius 2 is 1.83 bits per heavy atom. The molecule has 0 unspecified atom stereocenters. The van der Waals surface area contributed by atoms with Gasteiger partial charge in [0.15, 0.2) is 0 Å². The molecule has 18 heavy (non-hydrogen) atoms. The van der Waals surface area contributed by atoms with Crippen molar-refractivity contribution in [3.63, 3.8) is 0 Å². The third-order valence-corrected chi connectivity index (χ3v) is 4.18. The van der Waals surface area contributed by atoms with Gasteiger partial charge in [0, 0.05) is 23.5 Å². The molecule has 1 aromatic rings. The maximum Gasteiger partial charge on any atom is 0.251 e. The van der Waals surface area contributed by atoms with Crippen LogP contribution in [0.15, 0.2) is 18.2 Å². The first-order valence-corrected chi connectivity index (χ1v) is 7.32. The van der Waals surface area contributed by atoms with Crippen molar-refractivity contribution >= 4 is 29.0 Å². The lowest BCUT2D eigenvalue weighted by molar-refractivity contribution is 0.0946. The van der Waals surface area contributed by atoms with Gasteiger partial charge in [0.2, 0.25) is 0 Å². The van der Waals surface area contributed by atoms with Gasteiger partial charge in [0.1, 0.15) is 0 Å². The second-order valence-corrected chi connectivity index (χ2v) is 5.88. The Morgan fingerprint density at radius 3 is 2.44 bits per heavy atom. The van der Waals surface area contributed by atoms with E-state index in [0.717, 1.165) is 6.54 Å². The zero-order chi connectivity index (χ0) is 13.0. The number of nitrogens with two attached hydrogens (primary N) is 2. The molecular weight excluding hydrogens is 246 g/mol. The Labute approximate surface area is 111 Å². The first-order valence-electron chi connectivity index (χ1n) is 6.17. The molecule has 1 aromatic carbocycles. The number of hydrogen-bond acceptors (Lipinski definition) is 4. The summed E-state index contributed by atoms with van der Waals surface area (Å²) >= 11 is 1.99. The standard InChI is InChI=1S/C13H19N3OS/c14-11-5-10(6-12(15)7-11)13(17)16-8-9-1-3-18-4-2-9/h5-7,9H,1-4,8,14-15H2,(H,16,17). The van der Waals surface area contributed by atoms with Crippen molar-refractivity contribution in [2.24, 2.45) is 5.92 Å². The number of rotatable bonds is 3. The summed E-state index contributed by atoms with van der Waals surface area (Å²) in [7, 11) is 0. The normalized spacial score (nSPS) is 16.4. The zero-order valence-corrected chi connectivity index (χ0v) is 11.1. The van der Waals surface area contributed by atoms with E-state index in [1.807, 2.05) is 11.8 Å². The predicted octanol–water partition coefficient (Wildman–Crippen LogP) is 1.72. The van der Waals surface area contributed by atoms with Crippen LogP contribution < -0.4 is 16.8 Å². The molecular formula is C13H19N3OS. The topological polar surface area (TPSA) is 81.1 Å². The number of amides is 1. The Bertz CT molecular complexity index is 410. The van der Waals surface area contributed by atoms with Crippen molar-refractivity contribution in [2.75, 3.05) is 29.5 Å². The van der Waals surface area contributed by atoms with Gasteiger partial charge in [0.05, 0.1) is 0 Å². The number of nitrogen functional groups attached to an aromatic ring is 2. The van der Waals surface area contributed by atoms with E-state index in [9.17, 15) is 4.79 Å². The molecule has 0 radical (unpaired) electrons. The van der Waals surface area contributed by atoms with Crippen LogP contribution in [0.25, 0.3) is 0 Å². The highest BCUT2D eigenvalue weighted by molar-refractivity contribution is 7.99. The molecule has 1 saturated heterocycles. The van der Waals surface area contributed by atoms with Crippen LogP contribution in [0.1, 0.15) is 23.2 Å². The van der Waals surface area contributed by atoms with Gasteiger partial charge in [0.25, 0.3) is 5.91 Å². The van der Waals surface area contributed by atoms with Crippen LogP contribution in [-0.4, -0.2) is 24.0 Å². The van der Waals surface area contributed by atoms with Crippen LogP contribution in [0.2, 0.25) is 0 Å². The first-order chi connectivity index (χ1) is 8.65. The third kappa shape index (κ3) is 3.57. The summed E-state index contributed by atoms with van der Waals surface area (Å²) in [5.74, 6) is 2.91. The molecule has 2 rings (SSSR count). The minimum Gasteiger partial charge on any atom is -0.399 e. The maximum atomic E-state index is 12.0. The van der Waals surface area contributed by atoms with Crippen molar-refractivity contribution in [1.82, 2.24) is 5.32 Å². The Morgan fingerprint density at radius 1 is 1.22 bits per heavy atom. The summed E-state index contributed by atoms with van der Waals surface area (Å²) in [6, 6.07) is 4.96. The SMILES string of the molecule is Nc1cc(N)cc(C(=O)NCC2CCSCC2)c1. The molecule has 1 fully saturated rings. The van der Waals surface area contributed by atoms with Gasteiger partial charge in [-0.25, -0.2) is 0 Å². The fourth-order valence-electron chi connectivity index (χ4n) is 2.10. The molecule has 0 bridgehead atoms. The maximum absolute atomic E-state index is 12.0. The van der Waals surface area contributed by atoms with Crippen LogP contribution in [0, 0.1) is 5.92 Å². The summed E-state index contributed by atoms with van der Waals surface area (Å²) in [5, 5.41) is 2.96. The molecule has 98 valence electrons. The number of hydrogen-bond donors (Lipinski definition) is 3. The molecule has 0 spiro atoms. The number of nitrogens with one attached hydrogen (secondary N) is 1. The van der Waals surface area contributed by atoms with Crippen molar-refractivity contribution in [2.45, 2.75) is 12.8 Å². The van der Waals surface area contributed by atoms with Gasteiger partial charge >= 0.3 is 0 Å². The number of anilines is 2. The zero-order valence-electron chi connectivity index (χ0n) is 10.3. The quantitative estimate of drug-likeness (QED) is 0.727. The van der Waals surface area contributed by atoms with Crippen molar-refractivity contribution in [3.8, 4) is 0 Å². The third-order valence-electron chi connectivity index (χ3n) is 3.13. The van der Waals surface area contributed by atoms with E-state index in [2.05, 4.69) is 5.32 Å². The number of benzene rings is 1. The highest BCUT2D eigenvalue weighted by Gasteiger charge is 2.15. The van der Waals surface area contributed by atoms with Gasteiger partial charge in [-0.1, -0.05) is 0 Å². The van der Waals surface area contributed by atoms with Crippen LogP contribution in [0.5, 0.6) is 0 Å². The van der Waals surface area contributed by atoms with Gasteiger partial charge < -0.3 is 16.8 Å². The Balaban J connectivity index is 1.90. The minimum absolute atomic E-state index is 0.0905. The highest BCUT2D eigenvalue weighted by Crippen LogP contribution is 2.22. The lowest BCUT2D eigenvalue weighted by atomic mass is 10.0. The molecule has 0 atom stereocenters. The van der Waals surface area contributed by atoms with E-state index in [4.69, 9.17) is 11.5 Å². The van der Waals surface area contributed by atoms with Crippen LogP contribution in [0.3, 0.4) is 0 Å². The van der Waals surface area contributed by atoms with Gasteiger partial charge in [-0.15, -0.1) is 0 Å². The van der Waals surface area contributed by atoms with E-state index in [0.29, 0.717) is 22.9 Å². The summed E-state index contributed by atoms with van der Waals surface area (Å²) in [4.78, 5) is 12.0. The van der Waals surface area contributed by atoms with Crippen LogP contribution >= 0.6 is 11.8 Å². The Kier molecular flexibility index (Phi) is 4.36. The van der Waals surface area contributed by atoms with Crippen molar-refractivity contribution < 1.29 is 4.79 Å². The van der Waals surface area contributed by atoms with Crippen LogP contribution in [-0.2, 0) is 0 Å². The molecule has 1 amide bonds. The molecule has 5 N–H and O–H groups in total. The fourth-order valence-corrected chi connectivity index (χ4v) is 3.30. The summed E-state index contributed by atoms with van der Waals surface area (Å²) < 4.78 is 0. The van der Waals surface area contributed by atoms with Crippen molar-refractivity contribution in [1.29, 1.82) is 0 Å². The van der Waals surface area contributed by atoms with Crippen molar-refractivity contribution in [3.05, 3.63) is 23.8 Å². The molecule has 4 nitrogen and oxygen atoms in total. The fraction of sp³-hybridized carbons (Fsp3) is 0.462.